The van der Waals surface area contributed by atoms with Crippen molar-refractivity contribution in [1.82, 2.24) is 25.8 Å². The van der Waals surface area contributed by atoms with E-state index >= 15 is 0 Å². The van der Waals surface area contributed by atoms with E-state index in [0.29, 0.717) is 32.5 Å². The molecule has 0 aromatic carbocycles. The Balaban J connectivity index is 1.59. The topological polar surface area (TPSA) is 148 Å². The van der Waals surface area contributed by atoms with Gasteiger partial charge in [0, 0.05) is 32.1 Å². The molecule has 14 heteroatoms. The Morgan fingerprint density at radius 3 is 2.18 bits per heavy atom. The van der Waals surface area contributed by atoms with Crippen LogP contribution >= 0.6 is 0 Å². The normalized spacial score (nSPS) is 29.4. The predicted molar refractivity (Wildman–Crippen MR) is 152 cm³/mol. The fraction of sp³-hybridized carbons (Fsp3) is 0.833. The number of likely N-dealkylation sites (tertiary alicyclic amines) is 2. The monoisotopic (exact) mass is 629 g/mol. The molecule has 0 spiro atoms. The Hall–Kier alpha value is -2.90. The molecule has 3 saturated heterocycles. The average molecular weight is 630 g/mol. The molecule has 4 rings (SSSR count). The number of fused-ring (bicyclic) bond motifs is 1. The second-order valence-electron chi connectivity index (χ2n) is 15.4. The van der Waals surface area contributed by atoms with Gasteiger partial charge in [-0.2, -0.15) is 13.2 Å². The van der Waals surface area contributed by atoms with Gasteiger partial charge < -0.3 is 30.9 Å². The SMILES string of the molecule is CC1(C)CN(C(=O)C(O)[C@H](C[C@@H]2CCCNC2=O)NC(=O)[C@@H]2[C@@H]3[C@H](CN2C(=O)[C@@H](NC(=O)C(F)(F)F)C(C)(C)C)C3(C)C)C1. The number of aliphatic hydroxyl groups is 1. The lowest BCUT2D eigenvalue weighted by atomic mass is 9.83. The number of halogens is 3. The molecule has 7 atom stereocenters. The molecular weight excluding hydrogens is 583 g/mol. The van der Waals surface area contributed by atoms with E-state index in [0.717, 1.165) is 0 Å². The van der Waals surface area contributed by atoms with Gasteiger partial charge in [-0.3, -0.25) is 24.0 Å². The first-order valence-electron chi connectivity index (χ1n) is 15.3. The summed E-state index contributed by atoms with van der Waals surface area (Å²) < 4.78 is 39.5. The van der Waals surface area contributed by atoms with E-state index in [1.54, 1.807) is 0 Å². The molecule has 3 aliphatic heterocycles. The van der Waals surface area contributed by atoms with E-state index < -0.39 is 65.4 Å². The molecule has 0 bridgehead atoms. The minimum atomic E-state index is -5.21. The van der Waals surface area contributed by atoms with Gasteiger partial charge >= 0.3 is 12.1 Å². The van der Waals surface area contributed by atoms with Gasteiger partial charge in [0.2, 0.25) is 17.7 Å². The van der Waals surface area contributed by atoms with Crippen LogP contribution in [0.3, 0.4) is 0 Å². The zero-order valence-corrected chi connectivity index (χ0v) is 26.5. The summed E-state index contributed by atoms with van der Waals surface area (Å²) in [5, 5.41) is 18.6. The van der Waals surface area contributed by atoms with Gasteiger partial charge in [-0.25, -0.2) is 0 Å². The van der Waals surface area contributed by atoms with Crippen LogP contribution in [0.4, 0.5) is 13.2 Å². The third-order valence-corrected chi connectivity index (χ3v) is 9.86. The van der Waals surface area contributed by atoms with Crippen LogP contribution in [0.5, 0.6) is 0 Å². The lowest BCUT2D eigenvalue weighted by Gasteiger charge is -2.47. The standard InChI is InChI=1S/C30H46F3N5O6/c1-27(2,3)21(36-26(44)30(31,32)33)25(43)38-12-16-18(29(16,6)7)19(38)23(41)35-17(11-15-9-8-10-34-22(15)40)20(39)24(42)37-13-28(4,5)14-37/h15-21,39H,8-14H2,1-7H3,(H,34,40)(H,35,41)(H,36,44)/t15-,16-,17-,18-,19-,20?,21+/m0/s1. The van der Waals surface area contributed by atoms with Crippen LogP contribution in [0.25, 0.3) is 0 Å². The minimum Gasteiger partial charge on any atom is -0.381 e. The molecule has 11 nitrogen and oxygen atoms in total. The molecule has 3 heterocycles. The first-order valence-corrected chi connectivity index (χ1v) is 15.3. The maximum Gasteiger partial charge on any atom is 0.471 e. The van der Waals surface area contributed by atoms with Crippen molar-refractivity contribution >= 4 is 29.5 Å². The van der Waals surface area contributed by atoms with Crippen molar-refractivity contribution in [2.45, 2.75) is 98.1 Å². The molecule has 4 N–H and O–H groups in total. The average Bonchev–Trinajstić information content (AvgIpc) is 3.20. The van der Waals surface area contributed by atoms with Crippen LogP contribution in [-0.2, 0) is 24.0 Å². The quantitative estimate of drug-likeness (QED) is 0.317. The summed E-state index contributed by atoms with van der Waals surface area (Å²) in [5.41, 5.74) is -1.58. The van der Waals surface area contributed by atoms with E-state index in [1.165, 1.54) is 30.6 Å². The molecule has 44 heavy (non-hydrogen) atoms. The summed E-state index contributed by atoms with van der Waals surface area (Å²) in [7, 11) is 0. The van der Waals surface area contributed by atoms with E-state index in [4.69, 9.17) is 0 Å². The van der Waals surface area contributed by atoms with Gasteiger partial charge in [0.15, 0.2) is 6.10 Å². The number of alkyl halides is 3. The highest BCUT2D eigenvalue weighted by molar-refractivity contribution is 5.95. The van der Waals surface area contributed by atoms with Gasteiger partial charge in [-0.15, -0.1) is 0 Å². The largest absolute Gasteiger partial charge is 0.471 e. The van der Waals surface area contributed by atoms with E-state index in [2.05, 4.69) is 10.6 Å². The van der Waals surface area contributed by atoms with Crippen LogP contribution in [0.2, 0.25) is 0 Å². The Bertz CT molecular complexity index is 1190. The lowest BCUT2D eigenvalue weighted by molar-refractivity contribution is -0.176. The Kier molecular flexibility index (Phi) is 8.86. The minimum absolute atomic E-state index is 0.00781. The fourth-order valence-electron chi connectivity index (χ4n) is 7.24. The van der Waals surface area contributed by atoms with Gasteiger partial charge in [-0.1, -0.05) is 48.5 Å². The van der Waals surface area contributed by atoms with E-state index in [9.17, 15) is 42.3 Å². The molecule has 0 aromatic heterocycles. The number of hydrogen-bond acceptors (Lipinski definition) is 6. The summed E-state index contributed by atoms with van der Waals surface area (Å²) in [6.07, 6.45) is -5.66. The first kappa shape index (κ1) is 34.0. The zero-order chi connectivity index (χ0) is 33.2. The number of nitrogens with one attached hydrogen (secondary N) is 3. The highest BCUT2D eigenvalue weighted by Crippen LogP contribution is 2.65. The van der Waals surface area contributed by atoms with Crippen LogP contribution in [-0.4, -0.2) is 101 Å². The van der Waals surface area contributed by atoms with Crippen molar-refractivity contribution in [2.24, 2.45) is 34.0 Å². The Labute approximate surface area is 256 Å². The molecule has 4 fully saturated rings. The zero-order valence-electron chi connectivity index (χ0n) is 26.5. The Morgan fingerprint density at radius 1 is 1.05 bits per heavy atom. The number of nitrogens with zero attached hydrogens (tertiary/aromatic N) is 2. The molecule has 4 aliphatic rings. The molecule has 248 valence electrons. The Morgan fingerprint density at radius 2 is 1.66 bits per heavy atom. The highest BCUT2D eigenvalue weighted by atomic mass is 19.4. The van der Waals surface area contributed by atoms with Crippen molar-refractivity contribution in [3.63, 3.8) is 0 Å². The second-order valence-corrected chi connectivity index (χ2v) is 15.4. The maximum atomic E-state index is 14.0. The number of carbonyl (C=O) groups excluding carboxylic acids is 5. The second kappa shape index (κ2) is 11.5. The number of rotatable bonds is 8. The van der Waals surface area contributed by atoms with Crippen molar-refractivity contribution in [1.29, 1.82) is 0 Å². The third kappa shape index (κ3) is 6.69. The predicted octanol–water partition coefficient (Wildman–Crippen LogP) is 1.19. The van der Waals surface area contributed by atoms with Crippen LogP contribution in [0.1, 0.15) is 67.7 Å². The third-order valence-electron chi connectivity index (χ3n) is 9.86. The van der Waals surface area contributed by atoms with E-state index in [-0.39, 0.29) is 41.5 Å². The number of hydrogen-bond donors (Lipinski definition) is 4. The molecule has 0 radical (unpaired) electrons. The molecule has 5 amide bonds. The van der Waals surface area contributed by atoms with Crippen molar-refractivity contribution < 1.29 is 42.3 Å². The summed E-state index contributed by atoms with van der Waals surface area (Å²) >= 11 is 0. The summed E-state index contributed by atoms with van der Waals surface area (Å²) in [5.74, 6) is -5.54. The first-order chi connectivity index (χ1) is 20.1. The van der Waals surface area contributed by atoms with Crippen LogP contribution in [0.15, 0.2) is 0 Å². The number of aliphatic hydroxyl groups excluding tert-OH is 1. The molecule has 0 aromatic rings. The maximum absolute atomic E-state index is 14.0. The summed E-state index contributed by atoms with van der Waals surface area (Å²) in [6.45, 7) is 13.9. The lowest BCUT2D eigenvalue weighted by Crippen LogP contribution is -2.63. The molecular formula is C30H46F3N5O6. The van der Waals surface area contributed by atoms with Crippen molar-refractivity contribution in [3.8, 4) is 0 Å². The van der Waals surface area contributed by atoms with Crippen LogP contribution < -0.4 is 16.0 Å². The molecule has 1 saturated carbocycles. The van der Waals surface area contributed by atoms with Gasteiger partial charge in [0.25, 0.3) is 5.91 Å². The molecule has 1 aliphatic carbocycles. The van der Waals surface area contributed by atoms with E-state index in [1.807, 2.05) is 33.0 Å². The smallest absolute Gasteiger partial charge is 0.381 e. The summed E-state index contributed by atoms with van der Waals surface area (Å²) in [4.78, 5) is 68.3. The number of amides is 5. The van der Waals surface area contributed by atoms with Crippen molar-refractivity contribution in [2.75, 3.05) is 26.2 Å². The van der Waals surface area contributed by atoms with Gasteiger partial charge in [-0.05, 0) is 47.3 Å². The van der Waals surface area contributed by atoms with Crippen LogP contribution in [0, 0.1) is 34.0 Å². The van der Waals surface area contributed by atoms with Gasteiger partial charge in [0.1, 0.15) is 12.1 Å². The molecule has 1 unspecified atom stereocenters. The van der Waals surface area contributed by atoms with Gasteiger partial charge in [0.05, 0.1) is 6.04 Å². The summed E-state index contributed by atoms with van der Waals surface area (Å²) in [6, 6.07) is -3.83. The number of piperidine rings is 2. The number of carbonyl (C=O) groups is 5. The highest BCUT2D eigenvalue weighted by Gasteiger charge is 2.70. The fourth-order valence-corrected chi connectivity index (χ4v) is 7.24. The van der Waals surface area contributed by atoms with Crippen molar-refractivity contribution in [3.05, 3.63) is 0 Å².